The predicted molar refractivity (Wildman–Crippen MR) is 133 cm³/mol. The molecular weight excluding hydrogens is 456 g/mol. The molecule has 0 atom stereocenters. The number of carboxylic acids is 1. The Morgan fingerprint density at radius 2 is 1.72 bits per heavy atom. The van der Waals surface area contributed by atoms with Gasteiger partial charge in [0.25, 0.3) is 0 Å². The Morgan fingerprint density at radius 1 is 1.00 bits per heavy atom. The van der Waals surface area contributed by atoms with Crippen molar-refractivity contribution < 1.29 is 19.1 Å². The highest BCUT2D eigenvalue weighted by Gasteiger charge is 2.15. The lowest BCUT2D eigenvalue weighted by Crippen LogP contribution is -2.03. The fourth-order valence-electron chi connectivity index (χ4n) is 3.86. The average Bonchev–Trinajstić information content (AvgIpc) is 3.47. The summed E-state index contributed by atoms with van der Waals surface area (Å²) in [5, 5.41) is 13.9. The highest BCUT2D eigenvalue weighted by atomic mass is 16.5. The van der Waals surface area contributed by atoms with Crippen molar-refractivity contribution in [3.63, 3.8) is 0 Å². The van der Waals surface area contributed by atoms with Crippen molar-refractivity contribution in [2.45, 2.75) is 26.5 Å². The van der Waals surface area contributed by atoms with E-state index in [4.69, 9.17) is 9.15 Å². The number of carbonyl (C=O) groups is 1. The Morgan fingerprint density at radius 3 is 2.39 bits per heavy atom. The van der Waals surface area contributed by atoms with Crippen molar-refractivity contribution in [1.29, 1.82) is 0 Å². The minimum Gasteiger partial charge on any atom is -0.481 e. The molecule has 0 saturated heterocycles. The molecule has 0 amide bonds. The van der Waals surface area contributed by atoms with E-state index in [0.29, 0.717) is 35.3 Å². The van der Waals surface area contributed by atoms with Crippen LogP contribution in [0.1, 0.15) is 22.6 Å². The topological polar surface area (TPSA) is 103 Å². The van der Waals surface area contributed by atoms with Crippen molar-refractivity contribution in [3.8, 4) is 28.6 Å². The standard InChI is InChI=1S/C28H24N4O4/c1-19-24(30-28(36-19)22-10-6-3-7-11-22)18-35-25-13-12-20(15-29-25)16-32-17-23(14-26(33)34)27(31-32)21-8-4-2-5-9-21/h2-13,15,17H,14,16,18H2,1H3,(H,33,34). The molecule has 3 heterocycles. The average molecular weight is 481 g/mol. The number of aryl methyl sites for hydroxylation is 1. The van der Waals surface area contributed by atoms with Gasteiger partial charge in [-0.05, 0) is 24.6 Å². The molecule has 0 fully saturated rings. The Balaban J connectivity index is 1.26. The first-order valence-electron chi connectivity index (χ1n) is 11.5. The molecule has 3 aromatic heterocycles. The van der Waals surface area contributed by atoms with E-state index in [2.05, 4.69) is 15.1 Å². The lowest BCUT2D eigenvalue weighted by atomic mass is 10.1. The second-order valence-corrected chi connectivity index (χ2v) is 8.32. The molecule has 0 spiro atoms. The zero-order valence-electron chi connectivity index (χ0n) is 19.7. The van der Waals surface area contributed by atoms with Gasteiger partial charge in [-0.25, -0.2) is 9.97 Å². The van der Waals surface area contributed by atoms with Gasteiger partial charge < -0.3 is 14.3 Å². The highest BCUT2D eigenvalue weighted by Crippen LogP contribution is 2.24. The molecule has 2 aromatic carbocycles. The maximum atomic E-state index is 11.3. The third kappa shape index (κ3) is 5.33. The highest BCUT2D eigenvalue weighted by molar-refractivity contribution is 5.74. The number of benzene rings is 2. The van der Waals surface area contributed by atoms with Crippen LogP contribution >= 0.6 is 0 Å². The van der Waals surface area contributed by atoms with Crippen molar-refractivity contribution in [3.05, 3.63) is 108 Å². The van der Waals surface area contributed by atoms with Gasteiger partial charge in [0.15, 0.2) is 0 Å². The lowest BCUT2D eigenvalue weighted by molar-refractivity contribution is -0.136. The van der Waals surface area contributed by atoms with Crippen molar-refractivity contribution >= 4 is 5.97 Å². The molecule has 0 aliphatic heterocycles. The van der Waals surface area contributed by atoms with Gasteiger partial charge >= 0.3 is 5.97 Å². The number of aromatic nitrogens is 4. The SMILES string of the molecule is Cc1oc(-c2ccccc2)nc1COc1ccc(Cn2cc(CC(=O)O)c(-c3ccccc3)n2)cn1. The van der Waals surface area contributed by atoms with Crippen molar-refractivity contribution in [2.24, 2.45) is 0 Å². The molecule has 0 radical (unpaired) electrons. The zero-order valence-corrected chi connectivity index (χ0v) is 19.7. The Kier molecular flexibility index (Phi) is 6.57. The number of nitrogens with zero attached hydrogens (tertiary/aromatic N) is 4. The quantitative estimate of drug-likeness (QED) is 0.311. The molecular formula is C28H24N4O4. The molecule has 0 aliphatic rings. The van der Waals surface area contributed by atoms with E-state index < -0.39 is 5.97 Å². The van der Waals surface area contributed by atoms with Gasteiger partial charge in [0, 0.05) is 35.2 Å². The molecule has 8 heteroatoms. The van der Waals surface area contributed by atoms with E-state index in [9.17, 15) is 9.90 Å². The molecule has 5 aromatic rings. The number of carboxylic acid groups (broad SMARTS) is 1. The maximum absolute atomic E-state index is 11.3. The van der Waals surface area contributed by atoms with E-state index in [-0.39, 0.29) is 13.0 Å². The largest absolute Gasteiger partial charge is 0.481 e. The summed E-state index contributed by atoms with van der Waals surface area (Å²) in [6.07, 6.45) is 3.41. The fourth-order valence-corrected chi connectivity index (χ4v) is 3.86. The molecule has 0 saturated carbocycles. The molecule has 5 rings (SSSR count). The third-order valence-electron chi connectivity index (χ3n) is 5.64. The molecule has 1 N–H and O–H groups in total. The second kappa shape index (κ2) is 10.3. The van der Waals surface area contributed by atoms with Crippen LogP contribution in [0.3, 0.4) is 0 Å². The first-order chi connectivity index (χ1) is 17.5. The smallest absolute Gasteiger partial charge is 0.307 e. The van der Waals surface area contributed by atoms with Gasteiger partial charge in [-0.2, -0.15) is 5.10 Å². The minimum atomic E-state index is -0.895. The number of rotatable bonds is 9. The summed E-state index contributed by atoms with van der Waals surface area (Å²) in [5.74, 6) is 0.842. The molecule has 0 unspecified atom stereocenters. The van der Waals surface area contributed by atoms with Crippen molar-refractivity contribution in [1.82, 2.24) is 19.7 Å². The number of aliphatic carboxylic acids is 1. The van der Waals surface area contributed by atoms with Crippen LogP contribution in [0.4, 0.5) is 0 Å². The number of hydrogen-bond acceptors (Lipinski definition) is 6. The van der Waals surface area contributed by atoms with Crippen LogP contribution in [0.15, 0.2) is 89.6 Å². The van der Waals surface area contributed by atoms with Crippen LogP contribution in [0.25, 0.3) is 22.7 Å². The summed E-state index contributed by atoms with van der Waals surface area (Å²) < 4.78 is 13.4. The minimum absolute atomic E-state index is 0.0945. The Hall–Kier alpha value is -4.72. The van der Waals surface area contributed by atoms with Crippen LogP contribution in [-0.4, -0.2) is 30.8 Å². The summed E-state index contributed by atoms with van der Waals surface area (Å²) in [6.45, 7) is 2.56. The van der Waals surface area contributed by atoms with Gasteiger partial charge in [-0.15, -0.1) is 0 Å². The van der Waals surface area contributed by atoms with Gasteiger partial charge in [-0.1, -0.05) is 54.6 Å². The normalized spacial score (nSPS) is 10.9. The first kappa shape index (κ1) is 23.0. The fraction of sp³-hybridized carbons (Fsp3) is 0.143. The van der Waals surface area contributed by atoms with Crippen LogP contribution < -0.4 is 4.74 Å². The van der Waals surface area contributed by atoms with Gasteiger partial charge in [-0.3, -0.25) is 9.48 Å². The van der Waals surface area contributed by atoms with Gasteiger partial charge in [0.05, 0.1) is 18.7 Å². The number of ether oxygens (including phenoxy) is 1. The van der Waals surface area contributed by atoms with Gasteiger partial charge in [0.2, 0.25) is 11.8 Å². The van der Waals surface area contributed by atoms with Crippen LogP contribution in [0, 0.1) is 6.92 Å². The van der Waals surface area contributed by atoms with Crippen LogP contribution in [0.2, 0.25) is 0 Å². The number of pyridine rings is 1. The molecule has 8 nitrogen and oxygen atoms in total. The summed E-state index contributed by atoms with van der Waals surface area (Å²) in [5.41, 5.74) is 4.76. The second-order valence-electron chi connectivity index (χ2n) is 8.32. The first-order valence-corrected chi connectivity index (χ1v) is 11.5. The maximum Gasteiger partial charge on any atom is 0.307 e. The van der Waals surface area contributed by atoms with Crippen LogP contribution in [-0.2, 0) is 24.4 Å². The molecule has 180 valence electrons. The zero-order chi connectivity index (χ0) is 24.9. The number of hydrogen-bond donors (Lipinski definition) is 1. The van der Waals surface area contributed by atoms with E-state index in [1.54, 1.807) is 23.1 Å². The summed E-state index contributed by atoms with van der Waals surface area (Å²) in [6, 6.07) is 23.0. The summed E-state index contributed by atoms with van der Waals surface area (Å²) in [7, 11) is 0. The van der Waals surface area contributed by atoms with E-state index >= 15 is 0 Å². The van der Waals surface area contributed by atoms with Crippen molar-refractivity contribution in [2.75, 3.05) is 0 Å². The van der Waals surface area contributed by atoms with E-state index in [1.807, 2.05) is 73.7 Å². The summed E-state index contributed by atoms with van der Waals surface area (Å²) >= 11 is 0. The summed E-state index contributed by atoms with van der Waals surface area (Å²) in [4.78, 5) is 20.3. The molecule has 0 aliphatic carbocycles. The number of oxazole rings is 1. The molecule has 0 bridgehead atoms. The Bertz CT molecular complexity index is 1460. The predicted octanol–water partition coefficient (Wildman–Crippen LogP) is 5.16. The van der Waals surface area contributed by atoms with E-state index in [0.717, 1.165) is 22.4 Å². The van der Waals surface area contributed by atoms with Crippen LogP contribution in [0.5, 0.6) is 5.88 Å². The monoisotopic (exact) mass is 480 g/mol. The van der Waals surface area contributed by atoms with Gasteiger partial charge in [0.1, 0.15) is 18.1 Å². The molecule has 36 heavy (non-hydrogen) atoms. The van der Waals surface area contributed by atoms with E-state index in [1.165, 1.54) is 0 Å². The lowest BCUT2D eigenvalue weighted by Gasteiger charge is -2.05. The third-order valence-corrected chi connectivity index (χ3v) is 5.64. The Labute approximate surface area is 207 Å².